The van der Waals surface area contributed by atoms with Gasteiger partial charge in [-0.25, -0.2) is 4.39 Å². The number of carbonyl (C=O) groups is 1. The fraction of sp³-hybridized carbons (Fsp3) is 0.480. The van der Waals surface area contributed by atoms with Crippen molar-refractivity contribution in [3.63, 3.8) is 0 Å². The molecule has 0 aliphatic carbocycles. The lowest BCUT2D eigenvalue weighted by molar-refractivity contribution is 0.0772. The lowest BCUT2D eigenvalue weighted by Crippen LogP contribution is -2.40. The molecule has 2 aromatic carbocycles. The number of benzene rings is 2. The first kappa shape index (κ1) is 19.6. The second-order valence-electron chi connectivity index (χ2n) is 8.86. The molecular formula is C25H29FN2O2. The van der Waals surface area contributed by atoms with Gasteiger partial charge in [0.1, 0.15) is 17.3 Å². The number of hydrogen-bond donors (Lipinski definition) is 1. The Morgan fingerprint density at radius 2 is 1.77 bits per heavy atom. The van der Waals surface area contributed by atoms with Crippen molar-refractivity contribution in [3.05, 3.63) is 58.9 Å². The summed E-state index contributed by atoms with van der Waals surface area (Å²) >= 11 is 0. The van der Waals surface area contributed by atoms with Crippen molar-refractivity contribution in [1.29, 1.82) is 0 Å². The molecule has 0 radical (unpaired) electrons. The first-order chi connectivity index (χ1) is 14.6. The second-order valence-corrected chi connectivity index (χ2v) is 8.86. The molecule has 158 valence electrons. The number of nitrogens with zero attached hydrogens (tertiary/aromatic N) is 1. The topological polar surface area (TPSA) is 41.6 Å². The number of piperidine rings is 1. The van der Waals surface area contributed by atoms with Gasteiger partial charge in [0.2, 0.25) is 0 Å². The molecule has 3 unspecified atom stereocenters. The summed E-state index contributed by atoms with van der Waals surface area (Å²) in [5, 5.41) is 3.71. The first-order valence-electron chi connectivity index (χ1n) is 11.2. The zero-order valence-corrected chi connectivity index (χ0v) is 17.7. The van der Waals surface area contributed by atoms with Crippen LogP contribution in [0, 0.1) is 11.7 Å². The molecule has 5 rings (SSSR count). The maximum atomic E-state index is 14.2. The minimum absolute atomic E-state index is 0.0211. The van der Waals surface area contributed by atoms with Crippen LogP contribution in [0.3, 0.4) is 0 Å². The number of fused-ring (bicyclic) bond motifs is 4. The fourth-order valence-corrected chi connectivity index (χ4v) is 5.73. The maximum absolute atomic E-state index is 14.2. The highest BCUT2D eigenvalue weighted by molar-refractivity contribution is 5.95. The Balaban J connectivity index is 1.56. The van der Waals surface area contributed by atoms with E-state index in [0.29, 0.717) is 42.4 Å². The molecule has 0 aromatic heterocycles. The Morgan fingerprint density at radius 1 is 1.03 bits per heavy atom. The van der Waals surface area contributed by atoms with Gasteiger partial charge >= 0.3 is 0 Å². The first-order valence-corrected chi connectivity index (χ1v) is 11.2. The van der Waals surface area contributed by atoms with Gasteiger partial charge in [-0.3, -0.25) is 4.79 Å². The normalized spacial score (nSPS) is 26.5. The van der Waals surface area contributed by atoms with Gasteiger partial charge in [-0.05, 0) is 75.8 Å². The molecule has 3 heterocycles. The molecule has 2 bridgehead atoms. The van der Waals surface area contributed by atoms with E-state index in [4.69, 9.17) is 4.74 Å². The van der Waals surface area contributed by atoms with Crippen LogP contribution in [0.4, 0.5) is 4.39 Å². The number of amides is 1. The molecule has 0 saturated carbocycles. The standard InChI is InChI=1S/C25H29FN2O2/c1-3-28(4-2)25(29)15-5-9-20-23(13-15)30-22-10-6-17(26)14-21(22)24(20)16-11-18-7-8-19(12-16)27-18/h5-6,9-10,13-14,16,18-19,24,27H,3-4,7-8,11-12H2,1-2H3. The van der Waals surface area contributed by atoms with Crippen molar-refractivity contribution in [2.24, 2.45) is 5.92 Å². The predicted octanol–water partition coefficient (Wildman–Crippen LogP) is 5.08. The van der Waals surface area contributed by atoms with Crippen LogP contribution in [0.15, 0.2) is 36.4 Å². The van der Waals surface area contributed by atoms with Crippen LogP contribution in [0.25, 0.3) is 0 Å². The summed E-state index contributed by atoms with van der Waals surface area (Å²) in [6.07, 6.45) is 4.64. The summed E-state index contributed by atoms with van der Waals surface area (Å²) in [6, 6.07) is 11.8. The smallest absolute Gasteiger partial charge is 0.253 e. The molecular weight excluding hydrogens is 379 g/mol. The van der Waals surface area contributed by atoms with Crippen LogP contribution in [0.5, 0.6) is 11.5 Å². The summed E-state index contributed by atoms with van der Waals surface area (Å²) in [6.45, 7) is 5.33. The van der Waals surface area contributed by atoms with E-state index < -0.39 is 0 Å². The third-order valence-electron chi connectivity index (χ3n) is 7.15. The minimum atomic E-state index is -0.226. The van der Waals surface area contributed by atoms with E-state index in [1.807, 2.05) is 36.9 Å². The highest BCUT2D eigenvalue weighted by Crippen LogP contribution is 2.51. The summed E-state index contributed by atoms with van der Waals surface area (Å²) in [4.78, 5) is 14.7. The van der Waals surface area contributed by atoms with E-state index in [0.717, 1.165) is 29.7 Å². The zero-order valence-electron chi connectivity index (χ0n) is 17.7. The van der Waals surface area contributed by atoms with Crippen molar-refractivity contribution in [1.82, 2.24) is 10.2 Å². The zero-order chi connectivity index (χ0) is 20.8. The van der Waals surface area contributed by atoms with E-state index in [-0.39, 0.29) is 17.6 Å². The Labute approximate surface area is 177 Å². The summed E-state index contributed by atoms with van der Waals surface area (Å²) < 4.78 is 20.4. The van der Waals surface area contributed by atoms with Gasteiger partial charge < -0.3 is 15.0 Å². The summed E-state index contributed by atoms with van der Waals surface area (Å²) in [7, 11) is 0. The van der Waals surface area contributed by atoms with Crippen LogP contribution >= 0.6 is 0 Å². The monoisotopic (exact) mass is 408 g/mol. The number of nitrogens with one attached hydrogen (secondary N) is 1. The van der Waals surface area contributed by atoms with Crippen LogP contribution in [-0.4, -0.2) is 36.0 Å². The second kappa shape index (κ2) is 7.69. The molecule has 1 N–H and O–H groups in total. The maximum Gasteiger partial charge on any atom is 0.253 e. The highest BCUT2D eigenvalue weighted by atomic mass is 19.1. The molecule has 4 nitrogen and oxygen atoms in total. The van der Waals surface area contributed by atoms with Gasteiger partial charge in [0.15, 0.2) is 0 Å². The van der Waals surface area contributed by atoms with Crippen LogP contribution < -0.4 is 10.1 Å². The average Bonchev–Trinajstić information content (AvgIpc) is 3.10. The van der Waals surface area contributed by atoms with Crippen LogP contribution in [0.1, 0.15) is 66.9 Å². The molecule has 5 heteroatoms. The lowest BCUT2D eigenvalue weighted by Gasteiger charge is -2.38. The molecule has 2 aromatic rings. The lowest BCUT2D eigenvalue weighted by atomic mass is 9.73. The van der Waals surface area contributed by atoms with Gasteiger partial charge in [-0.1, -0.05) is 6.07 Å². The summed E-state index contributed by atoms with van der Waals surface area (Å²) in [5.74, 6) is 1.79. The molecule has 2 fully saturated rings. The van der Waals surface area contributed by atoms with Crippen molar-refractivity contribution >= 4 is 5.91 Å². The Morgan fingerprint density at radius 3 is 2.47 bits per heavy atom. The van der Waals surface area contributed by atoms with Crippen LogP contribution in [0.2, 0.25) is 0 Å². The van der Waals surface area contributed by atoms with Crippen molar-refractivity contribution < 1.29 is 13.9 Å². The number of hydrogen-bond acceptors (Lipinski definition) is 3. The molecule has 3 aliphatic heterocycles. The van der Waals surface area contributed by atoms with E-state index in [2.05, 4.69) is 5.32 Å². The molecule has 3 aliphatic rings. The molecule has 3 atom stereocenters. The van der Waals surface area contributed by atoms with E-state index >= 15 is 0 Å². The molecule has 30 heavy (non-hydrogen) atoms. The SMILES string of the molecule is CCN(CC)C(=O)c1ccc2c(c1)Oc1ccc(F)cc1C2C1CC2CCC(C1)N2. The average molecular weight is 409 g/mol. The van der Waals surface area contributed by atoms with E-state index in [1.54, 1.807) is 12.1 Å². The van der Waals surface area contributed by atoms with E-state index in [1.165, 1.54) is 18.9 Å². The van der Waals surface area contributed by atoms with Crippen molar-refractivity contribution in [3.8, 4) is 11.5 Å². The number of ether oxygens (including phenoxy) is 1. The Hall–Kier alpha value is -2.40. The van der Waals surface area contributed by atoms with Gasteiger partial charge in [0, 0.05) is 47.8 Å². The van der Waals surface area contributed by atoms with Crippen molar-refractivity contribution in [2.45, 2.75) is 57.5 Å². The van der Waals surface area contributed by atoms with Crippen LogP contribution in [-0.2, 0) is 0 Å². The predicted molar refractivity (Wildman–Crippen MR) is 115 cm³/mol. The third-order valence-corrected chi connectivity index (χ3v) is 7.15. The number of carbonyl (C=O) groups excluding carboxylic acids is 1. The largest absolute Gasteiger partial charge is 0.457 e. The van der Waals surface area contributed by atoms with Gasteiger partial charge in [-0.15, -0.1) is 0 Å². The molecule has 2 saturated heterocycles. The fourth-order valence-electron chi connectivity index (χ4n) is 5.73. The van der Waals surface area contributed by atoms with Crippen molar-refractivity contribution in [2.75, 3.05) is 13.1 Å². The summed E-state index contributed by atoms with van der Waals surface area (Å²) in [5.41, 5.74) is 2.67. The van der Waals surface area contributed by atoms with E-state index in [9.17, 15) is 9.18 Å². The quantitative estimate of drug-likeness (QED) is 0.767. The Kier molecular flexibility index (Phi) is 5.02. The number of rotatable bonds is 4. The minimum Gasteiger partial charge on any atom is -0.457 e. The third kappa shape index (κ3) is 3.29. The van der Waals surface area contributed by atoms with Gasteiger partial charge in [0.25, 0.3) is 5.91 Å². The van der Waals surface area contributed by atoms with Gasteiger partial charge in [0.05, 0.1) is 0 Å². The number of halogens is 1. The Bertz CT molecular complexity index is 960. The molecule has 1 amide bonds. The van der Waals surface area contributed by atoms with Gasteiger partial charge in [-0.2, -0.15) is 0 Å². The highest BCUT2D eigenvalue weighted by Gasteiger charge is 2.41. The molecule has 0 spiro atoms.